The molecule has 0 aromatic heterocycles. The molecule has 0 saturated heterocycles. The molecule has 6 heavy (non-hydrogen) atoms. The topological polar surface area (TPSA) is 17.1 Å². The van der Waals surface area contributed by atoms with E-state index in [0.29, 0.717) is 0 Å². The third-order valence-electron chi connectivity index (χ3n) is 0. The summed E-state index contributed by atoms with van der Waals surface area (Å²) in [5.74, 6) is 0. The van der Waals surface area contributed by atoms with E-state index >= 15 is 0 Å². The summed E-state index contributed by atoms with van der Waals surface area (Å²) in [6.45, 7) is 0. The Morgan fingerprint density at radius 2 is 1.00 bits per heavy atom. The molecule has 0 spiro atoms. The van der Waals surface area contributed by atoms with Crippen LogP contribution in [0.4, 0.5) is 0 Å². The van der Waals surface area contributed by atoms with Crippen LogP contribution >= 0.6 is 0 Å². The van der Waals surface area contributed by atoms with E-state index in [9.17, 15) is 0 Å². The second kappa shape index (κ2) is 34.2. The Bertz CT molecular complexity index is 13.5. The molecule has 0 aliphatic carbocycles. The molecule has 0 unspecified atom stereocenters. The molecule has 2 radical (unpaired) electrons. The molecule has 0 aromatic rings. The molecule has 0 aromatic carbocycles. The van der Waals surface area contributed by atoms with E-state index < -0.39 is 0 Å². The van der Waals surface area contributed by atoms with Gasteiger partial charge in [0.25, 0.3) is 0 Å². The Labute approximate surface area is 135 Å². The average molecular weight is 792 g/mol. The molecule has 0 amide bonds. The zero-order chi connectivity index (χ0) is 2.00. The Morgan fingerprint density at radius 1 is 1.00 bits per heavy atom. The van der Waals surface area contributed by atoms with Gasteiger partial charge in [0.1, 0.15) is 0 Å². The molecular formula is H6AuHfHoIn2O. The van der Waals surface area contributed by atoms with Gasteiger partial charge in [0.15, 0.2) is 0 Å². The van der Waals surface area contributed by atoms with Crippen molar-refractivity contribution < 1.29 is 87.3 Å². The van der Waals surface area contributed by atoms with Gasteiger partial charge in [-0.15, -0.1) is 0 Å². The van der Waals surface area contributed by atoms with E-state index in [1.807, 2.05) is 0 Å². The average Bonchev–Trinajstić information content (AvgIpc) is 1.00. The Hall–Kier alpha value is 4.41. The molecule has 1 nitrogen and oxygen atoms in total. The van der Waals surface area contributed by atoms with Crippen LogP contribution in [0.5, 0.6) is 0 Å². The fourth-order valence-electron chi connectivity index (χ4n) is 0. The monoisotopic (exact) mass is 794 g/mol. The number of rotatable bonds is 0. The minimum absolute atomic E-state index is 0. The fourth-order valence-corrected chi connectivity index (χ4v) is 0. The molecule has 0 aliphatic heterocycles. The van der Waals surface area contributed by atoms with Gasteiger partial charge in [-0.25, -0.2) is 0 Å². The molecule has 44 valence electrons. The predicted octanol–water partition coefficient (Wildman–Crippen LogP) is -2.49. The van der Waals surface area contributed by atoms with Gasteiger partial charge in [-0.2, -0.15) is 0 Å². The van der Waals surface area contributed by atoms with Crippen molar-refractivity contribution in [2.45, 2.75) is 0 Å². The summed E-state index contributed by atoms with van der Waals surface area (Å²) in [6.07, 6.45) is 0. The van der Waals surface area contributed by atoms with Crippen LogP contribution in [0.2, 0.25) is 0 Å². The second-order valence-electron chi connectivity index (χ2n) is 0. The van der Waals surface area contributed by atoms with E-state index in [-0.39, 0.29) is 136 Å². The van der Waals surface area contributed by atoms with Gasteiger partial charge in [-0.3, -0.25) is 0 Å². The van der Waals surface area contributed by atoms with Gasteiger partial charge < -0.3 is 0 Å². The third-order valence-corrected chi connectivity index (χ3v) is 0. The summed E-state index contributed by atoms with van der Waals surface area (Å²) in [5, 5.41) is 0. The molecule has 0 atom stereocenters. The number of hydrogen-bond donors (Lipinski definition) is 0. The second-order valence-corrected chi connectivity index (χ2v) is 0. The van der Waals surface area contributed by atoms with Crippen molar-refractivity contribution in [3.8, 4) is 0 Å². The number of hydrogen-bond acceptors (Lipinski definition) is 1. The predicted molar refractivity (Wildman–Crippen MR) is 20.6 cm³/mol. The summed E-state index contributed by atoms with van der Waals surface area (Å²) in [6, 6.07) is 0. The van der Waals surface area contributed by atoms with Gasteiger partial charge in [-0.05, 0) is 0 Å². The molecule has 0 heterocycles. The summed E-state index contributed by atoms with van der Waals surface area (Å²) < 4.78 is 8.39. The van der Waals surface area contributed by atoms with Gasteiger partial charge in [0.2, 0.25) is 0 Å². The van der Waals surface area contributed by atoms with Crippen molar-refractivity contribution in [2.24, 2.45) is 0 Å². The quantitative estimate of drug-likeness (QED) is 0.249. The Kier molecular flexibility index (Phi) is 180. The first-order valence-corrected chi connectivity index (χ1v) is 1.67. The molecule has 0 rings (SSSR count). The van der Waals surface area contributed by atoms with Gasteiger partial charge >= 0.3 is 78.9 Å². The van der Waals surface area contributed by atoms with Crippen LogP contribution in [0, 0.1) is 37.7 Å². The maximum absolute atomic E-state index is 8.39. The van der Waals surface area contributed by atoms with Crippen LogP contribution in [0.3, 0.4) is 0 Å². The molecule has 0 saturated carbocycles. The van der Waals surface area contributed by atoms with Crippen molar-refractivity contribution in [2.75, 3.05) is 0 Å². The van der Waals surface area contributed by atoms with Crippen LogP contribution in [-0.4, -0.2) is 51.7 Å². The van der Waals surface area contributed by atoms with Gasteiger partial charge in [0, 0.05) is 60.1 Å². The Balaban J connectivity index is -0.000000000833. The van der Waals surface area contributed by atoms with Gasteiger partial charge in [-0.1, -0.05) is 0 Å². The third kappa shape index (κ3) is 23.7. The molecule has 0 aliphatic rings. The van der Waals surface area contributed by atoms with E-state index in [2.05, 4.69) is 0 Å². The first-order valence-electron chi connectivity index (χ1n) is 0.204. The van der Waals surface area contributed by atoms with Crippen molar-refractivity contribution >= 4 is 51.7 Å². The van der Waals surface area contributed by atoms with Crippen LogP contribution in [-0.2, 0) is 49.6 Å². The van der Waals surface area contributed by atoms with Crippen molar-refractivity contribution in [1.29, 1.82) is 0 Å². The fraction of sp³-hybridized carbons (Fsp3) is 0. The molecule has 6 heteroatoms. The minimum atomic E-state index is 0. The normalized spacial score (nSPS) is 0.500. The summed E-state index contributed by atoms with van der Waals surface area (Å²) >= 11 is 0.0556. The van der Waals surface area contributed by atoms with Crippen molar-refractivity contribution in [3.05, 3.63) is 0 Å². The first kappa shape index (κ1) is 31.5. The van der Waals surface area contributed by atoms with E-state index in [4.69, 9.17) is 2.85 Å². The summed E-state index contributed by atoms with van der Waals surface area (Å²) in [4.78, 5) is 0. The SMILES string of the molecule is [Au].[Ho].[InH3].[InH3].[O]=[Hf]. The van der Waals surface area contributed by atoms with Crippen molar-refractivity contribution in [1.82, 2.24) is 0 Å². The summed E-state index contributed by atoms with van der Waals surface area (Å²) in [5.41, 5.74) is 0. The zero-order valence-corrected chi connectivity index (χ0v) is 9.20. The van der Waals surface area contributed by atoms with Crippen LogP contribution < -0.4 is 0 Å². The van der Waals surface area contributed by atoms with Crippen LogP contribution in [0.1, 0.15) is 0 Å². The van der Waals surface area contributed by atoms with E-state index in [0.717, 1.165) is 0 Å². The zero-order valence-electron chi connectivity index (χ0n) is 1.51. The van der Waals surface area contributed by atoms with Crippen LogP contribution in [0.25, 0.3) is 0 Å². The molecule has 0 bridgehead atoms. The van der Waals surface area contributed by atoms with Gasteiger partial charge in [0.05, 0.1) is 0 Å². The molecule has 0 fully saturated rings. The van der Waals surface area contributed by atoms with Crippen molar-refractivity contribution in [3.63, 3.8) is 0 Å². The van der Waals surface area contributed by atoms with E-state index in [1.54, 1.807) is 0 Å². The van der Waals surface area contributed by atoms with Crippen LogP contribution in [0.15, 0.2) is 0 Å². The Morgan fingerprint density at radius 3 is 1.00 bits per heavy atom. The molecule has 0 N–H and O–H groups in total. The maximum atomic E-state index is 8.39. The van der Waals surface area contributed by atoms with E-state index in [1.165, 1.54) is 0 Å². The standard InChI is InChI=1S/Au.Hf.Ho.2In.O.6H. The summed E-state index contributed by atoms with van der Waals surface area (Å²) in [7, 11) is 0. The first-order chi connectivity index (χ1) is 1.00. The molecular weight excluding hydrogens is 786 g/mol.